The van der Waals surface area contributed by atoms with E-state index in [0.29, 0.717) is 59.8 Å². The molecule has 2 aliphatic rings. The number of nitrogens with one attached hydrogen (secondary N) is 2. The molecule has 3 aromatic rings. The second kappa shape index (κ2) is 10.2. The molecule has 1 aromatic heterocycles. The lowest BCUT2D eigenvalue weighted by molar-refractivity contribution is 0.216. The van der Waals surface area contributed by atoms with Gasteiger partial charge in [0.2, 0.25) is 16.0 Å². The molecule has 1 fully saturated rings. The molecule has 0 bridgehead atoms. The first-order valence-corrected chi connectivity index (χ1v) is 16.4. The van der Waals surface area contributed by atoms with Crippen molar-refractivity contribution in [2.45, 2.75) is 6.04 Å². The summed E-state index contributed by atoms with van der Waals surface area (Å²) in [6.45, 7) is 8.50. The fourth-order valence-corrected chi connectivity index (χ4v) is 6.80. The standard InChI is InChI=1S/C25H28ClN6O4PS/c1-4-38(34,35)31-11-12-32-18(15-31)16-36-22-13-17(9-10-21(22)32)28-25-27-14-19(26)24(30-25)29-20-7-5-6-8-23(20)37(2,3)33/h4-10,13-14,18H,1,11-12,15-16H2,2-3H3,(H2,27,28,29,30)/t18-/m0/s1. The largest absolute Gasteiger partial charge is 0.489 e. The number of ether oxygens (including phenoxy) is 1. The quantitative estimate of drug-likeness (QED) is 0.400. The molecule has 0 amide bonds. The van der Waals surface area contributed by atoms with E-state index in [4.69, 9.17) is 16.3 Å². The summed E-state index contributed by atoms with van der Waals surface area (Å²) in [7, 11) is -5.99. The second-order valence-corrected chi connectivity index (χ2v) is 14.9. The van der Waals surface area contributed by atoms with Gasteiger partial charge in [-0.25, -0.2) is 13.4 Å². The number of benzene rings is 2. The molecule has 0 aliphatic carbocycles. The molecule has 1 atom stereocenters. The Balaban J connectivity index is 1.34. The molecule has 200 valence electrons. The van der Waals surface area contributed by atoms with Crippen molar-refractivity contribution in [2.24, 2.45) is 0 Å². The van der Waals surface area contributed by atoms with Crippen LogP contribution in [0.3, 0.4) is 0 Å². The van der Waals surface area contributed by atoms with Crippen LogP contribution in [0.2, 0.25) is 5.02 Å². The van der Waals surface area contributed by atoms with Gasteiger partial charge in [0, 0.05) is 42.1 Å². The lowest BCUT2D eigenvalue weighted by Crippen LogP contribution is -2.58. The summed E-state index contributed by atoms with van der Waals surface area (Å²) in [4.78, 5) is 11.0. The normalized spacial score (nSPS) is 17.7. The molecule has 10 nitrogen and oxygen atoms in total. The first-order chi connectivity index (χ1) is 18.0. The zero-order valence-electron chi connectivity index (χ0n) is 21.0. The Morgan fingerprint density at radius 3 is 2.74 bits per heavy atom. The second-order valence-electron chi connectivity index (χ2n) is 9.42. The fourth-order valence-electron chi connectivity index (χ4n) is 4.57. The van der Waals surface area contributed by atoms with Crippen LogP contribution in [-0.4, -0.2) is 68.3 Å². The average molecular weight is 575 g/mol. The molecule has 0 saturated carbocycles. The minimum absolute atomic E-state index is 0.0811. The van der Waals surface area contributed by atoms with E-state index in [-0.39, 0.29) is 6.04 Å². The smallest absolute Gasteiger partial charge is 0.235 e. The van der Waals surface area contributed by atoms with E-state index >= 15 is 0 Å². The molecule has 1 saturated heterocycles. The first-order valence-electron chi connectivity index (χ1n) is 11.9. The molecule has 5 rings (SSSR count). The maximum absolute atomic E-state index is 12.7. The number of nitrogens with zero attached hydrogens (tertiary/aromatic N) is 4. The summed E-state index contributed by atoms with van der Waals surface area (Å²) in [6.07, 6.45) is 1.50. The van der Waals surface area contributed by atoms with Crippen molar-refractivity contribution in [3.63, 3.8) is 0 Å². The van der Waals surface area contributed by atoms with Gasteiger partial charge in [-0.1, -0.05) is 30.3 Å². The van der Waals surface area contributed by atoms with E-state index in [2.05, 4.69) is 32.1 Å². The van der Waals surface area contributed by atoms with Crippen LogP contribution in [0.15, 0.2) is 60.6 Å². The number of hydrogen-bond donors (Lipinski definition) is 2. The van der Waals surface area contributed by atoms with Crippen molar-refractivity contribution in [3.8, 4) is 5.75 Å². The van der Waals surface area contributed by atoms with Gasteiger partial charge in [-0.3, -0.25) is 0 Å². The number of rotatable bonds is 7. The summed E-state index contributed by atoms with van der Waals surface area (Å²) in [6, 6.07) is 13.0. The van der Waals surface area contributed by atoms with Crippen molar-refractivity contribution in [1.29, 1.82) is 0 Å². The Bertz CT molecular complexity index is 1550. The number of para-hydroxylation sites is 1. The summed E-state index contributed by atoms with van der Waals surface area (Å²) in [5, 5.41) is 8.40. The first kappa shape index (κ1) is 26.5. The van der Waals surface area contributed by atoms with Gasteiger partial charge in [-0.05, 0) is 37.6 Å². The predicted molar refractivity (Wildman–Crippen MR) is 153 cm³/mol. The Labute approximate surface area is 227 Å². The number of halogens is 1. The van der Waals surface area contributed by atoms with Crippen LogP contribution in [0, 0.1) is 0 Å². The fraction of sp³-hybridized carbons (Fsp3) is 0.280. The molecule has 13 heteroatoms. The van der Waals surface area contributed by atoms with Crippen LogP contribution < -0.4 is 25.6 Å². The third-order valence-corrected chi connectivity index (χ3v) is 9.75. The zero-order valence-corrected chi connectivity index (χ0v) is 23.4. The van der Waals surface area contributed by atoms with Crippen LogP contribution in [0.5, 0.6) is 5.75 Å². The molecule has 0 unspecified atom stereocenters. The van der Waals surface area contributed by atoms with Crippen molar-refractivity contribution in [2.75, 3.05) is 55.1 Å². The SMILES string of the molecule is C=CS(=O)(=O)N1CCN2c3ccc(Nc4ncc(Cl)c(Nc5ccccc5P(C)(C)=O)n4)cc3OC[C@@H]2C1. The van der Waals surface area contributed by atoms with E-state index in [9.17, 15) is 13.0 Å². The van der Waals surface area contributed by atoms with Gasteiger partial charge in [-0.2, -0.15) is 9.29 Å². The van der Waals surface area contributed by atoms with Gasteiger partial charge in [0.1, 0.15) is 24.5 Å². The van der Waals surface area contributed by atoms with Crippen molar-refractivity contribution in [3.05, 3.63) is 65.7 Å². The molecule has 3 heterocycles. The highest BCUT2D eigenvalue weighted by Crippen LogP contribution is 2.40. The van der Waals surface area contributed by atoms with Crippen molar-refractivity contribution in [1.82, 2.24) is 14.3 Å². The van der Waals surface area contributed by atoms with Crippen LogP contribution in [0.1, 0.15) is 0 Å². The Morgan fingerprint density at radius 2 is 1.97 bits per heavy atom. The van der Waals surface area contributed by atoms with Gasteiger partial charge in [-0.15, -0.1) is 0 Å². The van der Waals surface area contributed by atoms with Gasteiger partial charge in [0.25, 0.3) is 0 Å². The molecule has 2 aromatic carbocycles. The molecule has 0 spiro atoms. The zero-order chi connectivity index (χ0) is 27.1. The summed E-state index contributed by atoms with van der Waals surface area (Å²) in [5.74, 6) is 1.39. The number of piperazine rings is 1. The van der Waals surface area contributed by atoms with Crippen LogP contribution >= 0.6 is 18.7 Å². The maximum atomic E-state index is 12.7. The minimum Gasteiger partial charge on any atom is -0.489 e. The summed E-state index contributed by atoms with van der Waals surface area (Å²) >= 11 is 6.37. The van der Waals surface area contributed by atoms with Gasteiger partial charge >= 0.3 is 0 Å². The van der Waals surface area contributed by atoms with Crippen molar-refractivity contribution >= 4 is 62.9 Å². The highest BCUT2D eigenvalue weighted by Gasteiger charge is 2.36. The van der Waals surface area contributed by atoms with Crippen LogP contribution in [-0.2, 0) is 14.6 Å². The van der Waals surface area contributed by atoms with Crippen LogP contribution in [0.4, 0.5) is 28.8 Å². The van der Waals surface area contributed by atoms with Gasteiger partial charge < -0.3 is 24.8 Å². The molecule has 0 radical (unpaired) electrons. The van der Waals surface area contributed by atoms with E-state index < -0.39 is 17.2 Å². The van der Waals surface area contributed by atoms with E-state index in [1.54, 1.807) is 13.3 Å². The van der Waals surface area contributed by atoms with Crippen LogP contribution in [0.25, 0.3) is 0 Å². The Hall–Kier alpha value is -3.11. The Morgan fingerprint density at radius 1 is 1.18 bits per heavy atom. The number of fused-ring (bicyclic) bond motifs is 3. The predicted octanol–water partition coefficient (Wildman–Crippen LogP) is 4.22. The highest BCUT2D eigenvalue weighted by molar-refractivity contribution is 7.92. The van der Waals surface area contributed by atoms with Gasteiger partial charge in [0.05, 0.1) is 23.6 Å². The number of sulfonamides is 1. The monoisotopic (exact) mass is 574 g/mol. The van der Waals surface area contributed by atoms with E-state index in [1.807, 2.05) is 42.5 Å². The van der Waals surface area contributed by atoms with E-state index in [1.165, 1.54) is 10.5 Å². The minimum atomic E-state index is -3.46. The highest BCUT2D eigenvalue weighted by atomic mass is 35.5. The van der Waals surface area contributed by atoms with E-state index in [0.717, 1.165) is 16.8 Å². The van der Waals surface area contributed by atoms with Crippen molar-refractivity contribution < 1.29 is 17.7 Å². The molecular weight excluding hydrogens is 547 g/mol. The number of aromatic nitrogens is 2. The number of anilines is 5. The third-order valence-electron chi connectivity index (χ3n) is 6.45. The molecule has 2 aliphatic heterocycles. The van der Waals surface area contributed by atoms with Gasteiger partial charge in [0.15, 0.2) is 5.82 Å². The molecule has 2 N–H and O–H groups in total. The lowest BCUT2D eigenvalue weighted by Gasteiger charge is -2.44. The third kappa shape index (κ3) is 5.37. The number of hydrogen-bond acceptors (Lipinski definition) is 9. The topological polar surface area (TPSA) is 117 Å². The molecule has 38 heavy (non-hydrogen) atoms. The summed E-state index contributed by atoms with van der Waals surface area (Å²) < 4.78 is 44.6. The summed E-state index contributed by atoms with van der Waals surface area (Å²) in [5.41, 5.74) is 2.29. The maximum Gasteiger partial charge on any atom is 0.235 e. The molecular formula is C25H28ClN6O4PS. The average Bonchev–Trinajstić information content (AvgIpc) is 2.89. The lowest BCUT2D eigenvalue weighted by atomic mass is 10.1. The Kier molecular flexibility index (Phi) is 7.13.